The monoisotopic (exact) mass is 398 g/mol. The fraction of sp³-hybridized carbons (Fsp3) is 0.278. The van der Waals surface area contributed by atoms with Gasteiger partial charge in [0.05, 0.1) is 17.9 Å². The first-order chi connectivity index (χ1) is 13.5. The molecule has 3 N–H and O–H groups in total. The van der Waals surface area contributed by atoms with E-state index >= 15 is 0 Å². The van der Waals surface area contributed by atoms with Crippen molar-refractivity contribution in [1.29, 1.82) is 0 Å². The molecular weight excluding hydrogens is 380 g/mol. The van der Waals surface area contributed by atoms with E-state index in [-0.39, 0.29) is 23.9 Å². The van der Waals surface area contributed by atoms with Crippen molar-refractivity contribution in [2.75, 3.05) is 5.32 Å². The molecule has 3 aromatic rings. The zero-order valence-corrected chi connectivity index (χ0v) is 15.9. The second-order valence-corrected chi connectivity index (χ2v) is 7.50. The topological polar surface area (TPSA) is 122 Å². The molecule has 3 heterocycles. The van der Waals surface area contributed by atoms with Crippen molar-refractivity contribution in [2.45, 2.75) is 32.7 Å². The molecule has 4 rings (SSSR count). The van der Waals surface area contributed by atoms with Crippen LogP contribution in [0.1, 0.15) is 28.2 Å². The molecular formula is C18H18N6O3S. The van der Waals surface area contributed by atoms with Crippen LogP contribution in [-0.4, -0.2) is 31.6 Å². The molecule has 0 saturated heterocycles. The molecule has 0 fully saturated rings. The average molecular weight is 398 g/mol. The van der Waals surface area contributed by atoms with E-state index in [2.05, 4.69) is 25.7 Å². The lowest BCUT2D eigenvalue weighted by Gasteiger charge is -2.09. The van der Waals surface area contributed by atoms with Gasteiger partial charge in [-0.1, -0.05) is 6.07 Å². The first-order valence-corrected chi connectivity index (χ1v) is 9.70. The lowest BCUT2D eigenvalue weighted by Crippen LogP contribution is -2.35. The van der Waals surface area contributed by atoms with Gasteiger partial charge in [0.2, 0.25) is 5.95 Å². The van der Waals surface area contributed by atoms with Crippen LogP contribution in [0.2, 0.25) is 0 Å². The number of aromatic amines is 1. The molecule has 2 amide bonds. The van der Waals surface area contributed by atoms with Crippen LogP contribution in [-0.2, 0) is 29.0 Å². The molecule has 0 radical (unpaired) electrons. The van der Waals surface area contributed by atoms with Gasteiger partial charge in [0.1, 0.15) is 5.82 Å². The van der Waals surface area contributed by atoms with Gasteiger partial charge >= 0.3 is 11.8 Å². The average Bonchev–Trinajstić information content (AvgIpc) is 3.40. The zero-order valence-electron chi connectivity index (χ0n) is 15.1. The van der Waals surface area contributed by atoms with E-state index in [0.29, 0.717) is 17.7 Å². The van der Waals surface area contributed by atoms with Crippen LogP contribution in [0.15, 0.2) is 28.4 Å². The Balaban J connectivity index is 1.53. The Bertz CT molecular complexity index is 1100. The number of rotatable bonds is 4. The van der Waals surface area contributed by atoms with E-state index in [1.165, 1.54) is 16.0 Å². The Morgan fingerprint density at radius 3 is 2.96 bits per heavy atom. The molecule has 0 unspecified atom stereocenters. The summed E-state index contributed by atoms with van der Waals surface area (Å²) in [6.07, 6.45) is 2.34. The number of carbonyl (C=O) groups is 2. The molecule has 1 aliphatic carbocycles. The number of fused-ring (bicyclic) bond motifs is 1. The van der Waals surface area contributed by atoms with E-state index in [1.807, 2.05) is 17.5 Å². The largest absolute Gasteiger partial charge is 0.343 e. The summed E-state index contributed by atoms with van der Waals surface area (Å²) in [5.41, 5.74) is 1.86. The van der Waals surface area contributed by atoms with Gasteiger partial charge in [-0.25, -0.2) is 4.98 Å². The molecule has 0 bridgehead atoms. The van der Waals surface area contributed by atoms with E-state index in [4.69, 9.17) is 0 Å². The molecule has 28 heavy (non-hydrogen) atoms. The van der Waals surface area contributed by atoms with Gasteiger partial charge < -0.3 is 10.6 Å². The minimum atomic E-state index is -0.818. The van der Waals surface area contributed by atoms with Gasteiger partial charge in [-0.05, 0) is 37.6 Å². The molecule has 0 spiro atoms. The summed E-state index contributed by atoms with van der Waals surface area (Å²) in [5.74, 6) is -1.10. The van der Waals surface area contributed by atoms with Crippen LogP contribution in [0.4, 0.5) is 5.82 Å². The van der Waals surface area contributed by atoms with E-state index in [9.17, 15) is 14.4 Å². The van der Waals surface area contributed by atoms with E-state index < -0.39 is 11.8 Å². The third-order valence-electron chi connectivity index (χ3n) is 4.41. The summed E-state index contributed by atoms with van der Waals surface area (Å²) in [6.45, 7) is 2.02. The van der Waals surface area contributed by atoms with E-state index in [1.54, 1.807) is 13.0 Å². The van der Waals surface area contributed by atoms with Crippen LogP contribution in [0.3, 0.4) is 0 Å². The van der Waals surface area contributed by atoms with Crippen molar-refractivity contribution < 1.29 is 9.59 Å². The van der Waals surface area contributed by atoms with Gasteiger partial charge in [0.15, 0.2) is 0 Å². The number of thiophene rings is 1. The molecule has 10 heteroatoms. The van der Waals surface area contributed by atoms with Gasteiger partial charge in [-0.2, -0.15) is 9.78 Å². The first kappa shape index (κ1) is 18.1. The van der Waals surface area contributed by atoms with Crippen LogP contribution < -0.4 is 16.2 Å². The zero-order chi connectivity index (χ0) is 19.7. The number of amides is 2. The predicted molar refractivity (Wildman–Crippen MR) is 104 cm³/mol. The lowest BCUT2D eigenvalue weighted by molar-refractivity contribution is -0.136. The third kappa shape index (κ3) is 3.58. The normalized spacial score (nSPS) is 12.6. The van der Waals surface area contributed by atoms with Crippen molar-refractivity contribution >= 4 is 29.0 Å². The standard InChI is InChI=1S/C18H18N6O3S/c1-10-8-14(21-17(27)16(26)19-9-11-4-3-7-28-11)24(23-10)18-20-13-6-2-5-12(13)15(25)22-18/h3-4,7-8H,2,5-6,9H2,1H3,(H,19,26)(H,21,27)(H,20,22,25). The van der Waals surface area contributed by atoms with Crippen LogP contribution in [0, 0.1) is 6.92 Å². The fourth-order valence-corrected chi connectivity index (χ4v) is 3.76. The van der Waals surface area contributed by atoms with Gasteiger partial charge in [0.25, 0.3) is 5.56 Å². The number of nitrogens with zero attached hydrogens (tertiary/aromatic N) is 3. The maximum atomic E-state index is 12.3. The fourth-order valence-electron chi connectivity index (χ4n) is 3.11. The summed E-state index contributed by atoms with van der Waals surface area (Å²) in [7, 11) is 0. The minimum absolute atomic E-state index is 0.198. The molecule has 3 aromatic heterocycles. The molecule has 0 saturated carbocycles. The predicted octanol–water partition coefficient (Wildman–Crippen LogP) is 1.07. The number of hydrogen-bond donors (Lipinski definition) is 3. The Kier molecular flexibility index (Phi) is 4.78. The SMILES string of the molecule is Cc1cc(NC(=O)C(=O)NCc2cccs2)n(-c2nc3c(c(=O)[nH]2)CCC3)n1. The van der Waals surface area contributed by atoms with E-state index in [0.717, 1.165) is 23.4 Å². The number of hydrogen-bond acceptors (Lipinski definition) is 6. The highest BCUT2D eigenvalue weighted by Gasteiger charge is 2.21. The van der Waals surface area contributed by atoms with Crippen molar-refractivity contribution in [2.24, 2.45) is 0 Å². The van der Waals surface area contributed by atoms with Crippen LogP contribution in [0.25, 0.3) is 5.95 Å². The number of aryl methyl sites for hydroxylation is 2. The quantitative estimate of drug-likeness (QED) is 0.568. The molecule has 144 valence electrons. The number of H-pyrrole nitrogens is 1. The highest BCUT2D eigenvalue weighted by Crippen LogP contribution is 2.19. The van der Waals surface area contributed by atoms with Crippen LogP contribution in [0.5, 0.6) is 0 Å². The smallest absolute Gasteiger partial charge is 0.314 e. The number of aromatic nitrogens is 4. The summed E-state index contributed by atoms with van der Waals surface area (Å²) in [5, 5.41) is 11.3. The molecule has 0 aromatic carbocycles. The summed E-state index contributed by atoms with van der Waals surface area (Å²) in [4.78, 5) is 44.7. The second-order valence-electron chi connectivity index (χ2n) is 6.47. The molecule has 0 aliphatic heterocycles. The number of anilines is 1. The number of nitrogens with one attached hydrogen (secondary N) is 3. The lowest BCUT2D eigenvalue weighted by atomic mass is 10.3. The first-order valence-electron chi connectivity index (χ1n) is 8.82. The summed E-state index contributed by atoms with van der Waals surface area (Å²) in [6, 6.07) is 5.35. The highest BCUT2D eigenvalue weighted by molar-refractivity contribution is 7.09. The van der Waals surface area contributed by atoms with Gasteiger partial charge in [-0.3, -0.25) is 19.4 Å². The Morgan fingerprint density at radius 2 is 2.18 bits per heavy atom. The van der Waals surface area contributed by atoms with Crippen molar-refractivity contribution in [3.63, 3.8) is 0 Å². The summed E-state index contributed by atoms with van der Waals surface area (Å²) >= 11 is 1.49. The summed E-state index contributed by atoms with van der Waals surface area (Å²) < 4.78 is 1.33. The third-order valence-corrected chi connectivity index (χ3v) is 5.29. The van der Waals surface area contributed by atoms with Crippen molar-refractivity contribution in [3.05, 3.63) is 55.8 Å². The highest BCUT2D eigenvalue weighted by atomic mass is 32.1. The Hall–Kier alpha value is -3.27. The second kappa shape index (κ2) is 7.39. The molecule has 0 atom stereocenters. The van der Waals surface area contributed by atoms with Crippen LogP contribution >= 0.6 is 11.3 Å². The minimum Gasteiger partial charge on any atom is -0.343 e. The maximum Gasteiger partial charge on any atom is 0.314 e. The Morgan fingerprint density at radius 1 is 1.32 bits per heavy atom. The van der Waals surface area contributed by atoms with Crippen molar-refractivity contribution in [1.82, 2.24) is 25.1 Å². The maximum absolute atomic E-state index is 12.3. The molecule has 1 aliphatic rings. The van der Waals surface area contributed by atoms with Crippen molar-refractivity contribution in [3.8, 4) is 5.95 Å². The van der Waals surface area contributed by atoms with Gasteiger partial charge in [0, 0.05) is 16.5 Å². The number of carbonyl (C=O) groups excluding carboxylic acids is 2. The molecule has 9 nitrogen and oxygen atoms in total. The Labute approximate surface area is 163 Å². The van der Waals surface area contributed by atoms with Gasteiger partial charge in [-0.15, -0.1) is 11.3 Å².